The van der Waals surface area contributed by atoms with Gasteiger partial charge in [-0.15, -0.1) is 0 Å². The topological polar surface area (TPSA) is 133 Å². The molecule has 5 saturated carbocycles. The molecule has 0 radical (unpaired) electrons. The Morgan fingerprint density at radius 1 is 0.879 bits per heavy atom. The van der Waals surface area contributed by atoms with Crippen LogP contribution in [0.2, 0.25) is 0 Å². The Kier molecular flexibility index (Phi) is 13.5. The lowest BCUT2D eigenvalue weighted by Gasteiger charge is -2.69. The van der Waals surface area contributed by atoms with Gasteiger partial charge in [-0.3, -0.25) is 4.79 Å². The van der Waals surface area contributed by atoms with Crippen molar-refractivity contribution in [3.63, 3.8) is 0 Å². The number of likely N-dealkylation sites (tertiary alicyclic amines) is 1. The minimum absolute atomic E-state index is 0.113. The van der Waals surface area contributed by atoms with Crippen LogP contribution in [0.15, 0.2) is 42.5 Å². The van der Waals surface area contributed by atoms with Gasteiger partial charge in [0.2, 0.25) is 0 Å². The van der Waals surface area contributed by atoms with Gasteiger partial charge in [0.25, 0.3) is 0 Å². The van der Waals surface area contributed by atoms with E-state index in [0.717, 1.165) is 57.9 Å². The lowest BCUT2D eigenvalue weighted by atomic mass is 9.43. The molecule has 1 unspecified atom stereocenters. The van der Waals surface area contributed by atoms with Gasteiger partial charge in [-0.2, -0.15) is 0 Å². The number of unbranched alkanes of at least 4 members (excludes halogenated alkanes) is 9. The summed E-state index contributed by atoms with van der Waals surface area (Å²) in [6.45, 7) is 3.47. The summed E-state index contributed by atoms with van der Waals surface area (Å²) in [4.78, 5) is 30.9. The molecule has 11 nitrogen and oxygen atoms in total. The van der Waals surface area contributed by atoms with E-state index in [4.69, 9.17) is 28.4 Å². The Balaban J connectivity index is 1.21. The molecule has 58 heavy (non-hydrogen) atoms. The average Bonchev–Trinajstić information content (AvgIpc) is 3.61. The van der Waals surface area contributed by atoms with Crippen molar-refractivity contribution in [1.29, 1.82) is 0 Å². The Labute approximate surface area is 346 Å². The highest BCUT2D eigenvalue weighted by Crippen LogP contribution is 2.80. The summed E-state index contributed by atoms with van der Waals surface area (Å²) < 4.78 is 38.8. The van der Waals surface area contributed by atoms with E-state index >= 15 is 0 Å². The second-order valence-corrected chi connectivity index (χ2v) is 18.7. The summed E-state index contributed by atoms with van der Waals surface area (Å²) in [6, 6.07) is 8.51. The predicted octanol–water partition coefficient (Wildman–Crippen LogP) is 6.52. The molecule has 1 spiro atoms. The van der Waals surface area contributed by atoms with Gasteiger partial charge in [-0.1, -0.05) is 75.8 Å². The number of methoxy groups -OCH3 is 4. The number of rotatable bonds is 21. The van der Waals surface area contributed by atoms with E-state index in [0.29, 0.717) is 18.6 Å². The van der Waals surface area contributed by atoms with Gasteiger partial charge < -0.3 is 43.5 Å². The van der Waals surface area contributed by atoms with Crippen molar-refractivity contribution in [2.45, 2.75) is 151 Å². The summed E-state index contributed by atoms with van der Waals surface area (Å²) in [5.74, 6) is -2.82. The quantitative estimate of drug-likeness (QED) is 0.0799. The standard InChI is InChI=1S/C47H71NO10/c1-7-8-9-10-11-12-13-14-15-16-17-18-22-25-34(49)58-47-35-32(28-45(52,42(56-6)40(47)50)41(35)57-43(51)31-23-20-19-21-24-31)46-33(54-4)26-27-44(30-53-3)29-48(2)39(46)36(47)37(55-5)38(44)46/h12-13,19-21,23-24,32-33,35-42,50,52H,7-11,14-18,22,25-30H2,1-6H3/b13-12-/t32-,33+,35-,36+,37+,38-,39?,40+,41-,42+,44+,45-,46+,47-/m1/s1. The van der Waals surface area contributed by atoms with Crippen molar-refractivity contribution in [1.82, 2.24) is 4.90 Å². The largest absolute Gasteiger partial charge is 0.455 e. The maximum absolute atomic E-state index is 14.5. The number of nitrogens with zero attached hydrogens (tertiary/aromatic N) is 1. The van der Waals surface area contributed by atoms with Crippen LogP contribution >= 0.6 is 0 Å². The second kappa shape index (κ2) is 17.9. The molecule has 7 rings (SSSR count). The fourth-order valence-electron chi connectivity index (χ4n) is 14.2. The minimum Gasteiger partial charge on any atom is -0.455 e. The van der Waals surface area contributed by atoms with Crippen LogP contribution in [-0.4, -0.2) is 123 Å². The number of aliphatic hydroxyl groups is 2. The summed E-state index contributed by atoms with van der Waals surface area (Å²) in [7, 11) is 8.80. The van der Waals surface area contributed by atoms with Gasteiger partial charge >= 0.3 is 11.9 Å². The number of hydrogen-bond acceptors (Lipinski definition) is 11. The van der Waals surface area contributed by atoms with Crippen LogP contribution in [0.4, 0.5) is 0 Å². The zero-order valence-corrected chi connectivity index (χ0v) is 35.9. The number of piperidine rings is 1. The van der Waals surface area contributed by atoms with Crippen molar-refractivity contribution in [3.05, 3.63) is 48.0 Å². The lowest BCUT2D eigenvalue weighted by Crippen LogP contribution is -2.80. The van der Waals surface area contributed by atoms with Gasteiger partial charge in [0.05, 0.1) is 24.4 Å². The van der Waals surface area contributed by atoms with E-state index in [-0.39, 0.29) is 36.3 Å². The Morgan fingerprint density at radius 2 is 1.57 bits per heavy atom. The average molecular weight is 810 g/mol. The first kappa shape index (κ1) is 43.7. The maximum Gasteiger partial charge on any atom is 0.338 e. The highest BCUT2D eigenvalue weighted by Gasteiger charge is 2.91. The third-order valence-electron chi connectivity index (χ3n) is 15.9. The number of esters is 2. The molecule has 1 saturated heterocycles. The molecule has 6 aliphatic rings. The molecule has 1 heterocycles. The molecule has 1 aromatic carbocycles. The van der Waals surface area contributed by atoms with Gasteiger partial charge in [0.15, 0.2) is 5.60 Å². The Bertz CT molecular complexity index is 1590. The van der Waals surface area contributed by atoms with Gasteiger partial charge in [0, 0.05) is 76.0 Å². The highest BCUT2D eigenvalue weighted by atomic mass is 16.6. The van der Waals surface area contributed by atoms with E-state index in [1.54, 1.807) is 45.6 Å². The normalized spacial score (nSPS) is 40.9. The van der Waals surface area contributed by atoms with Gasteiger partial charge in [0.1, 0.15) is 23.9 Å². The molecule has 2 N–H and O–H groups in total. The summed E-state index contributed by atoms with van der Waals surface area (Å²) in [6.07, 6.45) is 14.3. The van der Waals surface area contributed by atoms with Crippen LogP contribution in [0.1, 0.15) is 114 Å². The zero-order valence-electron chi connectivity index (χ0n) is 35.9. The number of hydrogen-bond donors (Lipinski definition) is 2. The monoisotopic (exact) mass is 810 g/mol. The van der Waals surface area contributed by atoms with Crippen LogP contribution < -0.4 is 0 Å². The molecule has 0 aromatic heterocycles. The number of ether oxygens (including phenoxy) is 6. The molecule has 6 fully saturated rings. The smallest absolute Gasteiger partial charge is 0.338 e. The van der Waals surface area contributed by atoms with E-state index in [1.165, 1.54) is 32.8 Å². The van der Waals surface area contributed by atoms with Gasteiger partial charge in [-0.25, -0.2) is 4.79 Å². The number of aliphatic hydroxyl groups excluding tert-OH is 1. The maximum atomic E-state index is 14.5. The fraction of sp³-hybridized carbons (Fsp3) is 0.787. The predicted molar refractivity (Wildman–Crippen MR) is 219 cm³/mol. The molecule has 5 aliphatic carbocycles. The van der Waals surface area contributed by atoms with Gasteiger partial charge in [-0.05, 0) is 76.5 Å². The van der Waals surface area contributed by atoms with E-state index in [2.05, 4.69) is 31.0 Å². The number of benzene rings is 1. The third kappa shape index (κ3) is 6.81. The molecule has 0 amide bonds. The Morgan fingerprint density at radius 3 is 2.22 bits per heavy atom. The Hall–Kier alpha value is -2.38. The van der Waals surface area contributed by atoms with Crippen molar-refractivity contribution in [2.24, 2.45) is 34.5 Å². The number of carbonyl (C=O) groups excluding carboxylic acids is 2. The summed E-state index contributed by atoms with van der Waals surface area (Å²) in [5, 5.41) is 25.9. The van der Waals surface area contributed by atoms with Crippen molar-refractivity contribution >= 4 is 11.9 Å². The first-order valence-electron chi connectivity index (χ1n) is 22.4. The highest BCUT2D eigenvalue weighted by molar-refractivity contribution is 5.89. The minimum atomic E-state index is -1.78. The van der Waals surface area contributed by atoms with Crippen LogP contribution in [0.3, 0.4) is 0 Å². The molecular formula is C47H71NO10. The van der Waals surface area contributed by atoms with Crippen LogP contribution in [-0.2, 0) is 33.2 Å². The molecule has 324 valence electrons. The van der Waals surface area contributed by atoms with E-state index < -0.39 is 70.7 Å². The SMILES string of the molecule is CCCCCC/C=C\CCCCCCCC(=O)O[C@]12[C@H]3[C@@H](OC(=O)c4ccccc4)[C@](O)(C[C@H]3[C@@]34C5[C@@H]1[C@H](OC)[C@@H]3[C@@](COC)(CC[C@@H]4OC)CN5C)[C@@H](OC)[C@@H]2O. The van der Waals surface area contributed by atoms with E-state index in [1.807, 2.05) is 6.07 Å². The van der Waals surface area contributed by atoms with Crippen molar-refractivity contribution in [2.75, 3.05) is 48.6 Å². The summed E-state index contributed by atoms with van der Waals surface area (Å²) in [5.41, 5.74) is -3.98. The lowest BCUT2D eigenvalue weighted by molar-refractivity contribution is -0.317. The first-order valence-corrected chi connectivity index (χ1v) is 22.4. The van der Waals surface area contributed by atoms with Crippen molar-refractivity contribution < 1.29 is 48.2 Å². The fourth-order valence-corrected chi connectivity index (χ4v) is 14.2. The summed E-state index contributed by atoms with van der Waals surface area (Å²) >= 11 is 0. The number of allylic oxidation sites excluding steroid dienone is 2. The molecular weight excluding hydrogens is 739 g/mol. The number of carbonyl (C=O) groups is 2. The molecule has 11 heteroatoms. The van der Waals surface area contributed by atoms with Crippen LogP contribution in [0.25, 0.3) is 0 Å². The molecule has 7 bridgehead atoms. The first-order chi connectivity index (χ1) is 28.1. The third-order valence-corrected chi connectivity index (χ3v) is 15.9. The second-order valence-electron chi connectivity index (χ2n) is 18.7. The van der Waals surface area contributed by atoms with Crippen molar-refractivity contribution in [3.8, 4) is 0 Å². The molecule has 1 aliphatic heterocycles. The molecule has 1 aromatic rings. The van der Waals surface area contributed by atoms with Crippen LogP contribution in [0.5, 0.6) is 0 Å². The molecule has 14 atom stereocenters. The number of fused-ring (bicyclic) bond motifs is 2. The zero-order chi connectivity index (χ0) is 41.3. The van der Waals surface area contributed by atoms with E-state index in [9.17, 15) is 19.8 Å². The van der Waals surface area contributed by atoms with Crippen LogP contribution in [0, 0.1) is 34.5 Å².